The Bertz CT molecular complexity index is 688. The summed E-state index contributed by atoms with van der Waals surface area (Å²) in [6.45, 7) is 3.71. The maximum atomic E-state index is 12.5. The molecule has 22 heavy (non-hydrogen) atoms. The smallest absolute Gasteiger partial charge is 0.259 e. The largest absolute Gasteiger partial charge is 0.496 e. The lowest BCUT2D eigenvalue weighted by Crippen LogP contribution is -2.13. The van der Waals surface area contributed by atoms with Gasteiger partial charge in [0.1, 0.15) is 5.75 Å². The highest BCUT2D eigenvalue weighted by atomic mass is 35.5. The van der Waals surface area contributed by atoms with Crippen molar-refractivity contribution in [2.75, 3.05) is 18.2 Å². The highest BCUT2D eigenvalue weighted by molar-refractivity contribution is 7.99. The van der Waals surface area contributed by atoms with Gasteiger partial charge in [-0.15, -0.1) is 18.3 Å². The van der Waals surface area contributed by atoms with Gasteiger partial charge in [-0.3, -0.25) is 4.79 Å². The number of methoxy groups -OCH3 is 1. The highest BCUT2D eigenvalue weighted by Gasteiger charge is 2.14. The summed E-state index contributed by atoms with van der Waals surface area (Å²) in [6.07, 6.45) is 1.82. The Labute approximate surface area is 139 Å². The molecule has 0 saturated heterocycles. The summed E-state index contributed by atoms with van der Waals surface area (Å²) in [5.41, 5.74) is 1.15. The number of para-hydroxylation sites is 1. The van der Waals surface area contributed by atoms with Crippen LogP contribution in [0, 0.1) is 0 Å². The molecule has 0 fully saturated rings. The summed E-state index contributed by atoms with van der Waals surface area (Å²) in [6, 6.07) is 12.6. The molecule has 0 aliphatic carbocycles. The van der Waals surface area contributed by atoms with E-state index in [-0.39, 0.29) is 5.91 Å². The van der Waals surface area contributed by atoms with Crippen molar-refractivity contribution in [3.05, 3.63) is 65.7 Å². The van der Waals surface area contributed by atoms with E-state index in [0.717, 1.165) is 16.3 Å². The van der Waals surface area contributed by atoms with Crippen molar-refractivity contribution < 1.29 is 9.53 Å². The zero-order chi connectivity index (χ0) is 15.9. The molecule has 0 aliphatic heterocycles. The summed E-state index contributed by atoms with van der Waals surface area (Å²) >= 11 is 7.58. The van der Waals surface area contributed by atoms with E-state index in [1.54, 1.807) is 30.0 Å². The second kappa shape index (κ2) is 7.92. The number of hydrogen-bond acceptors (Lipinski definition) is 3. The summed E-state index contributed by atoms with van der Waals surface area (Å²) in [5, 5.41) is 3.39. The summed E-state index contributed by atoms with van der Waals surface area (Å²) < 4.78 is 5.22. The van der Waals surface area contributed by atoms with Crippen LogP contribution in [-0.4, -0.2) is 18.8 Å². The van der Waals surface area contributed by atoms with Crippen molar-refractivity contribution in [3.63, 3.8) is 0 Å². The number of nitrogens with one attached hydrogen (secondary N) is 1. The number of rotatable bonds is 6. The van der Waals surface area contributed by atoms with E-state index in [2.05, 4.69) is 11.9 Å². The fourth-order valence-corrected chi connectivity index (χ4v) is 2.81. The molecule has 114 valence electrons. The Kier molecular flexibility index (Phi) is 5.92. The van der Waals surface area contributed by atoms with E-state index < -0.39 is 0 Å². The molecule has 3 nitrogen and oxygen atoms in total. The van der Waals surface area contributed by atoms with Gasteiger partial charge in [-0.05, 0) is 30.3 Å². The second-order valence-electron chi connectivity index (χ2n) is 4.39. The van der Waals surface area contributed by atoms with E-state index in [4.69, 9.17) is 16.3 Å². The van der Waals surface area contributed by atoms with Gasteiger partial charge in [0.2, 0.25) is 0 Å². The Balaban J connectivity index is 2.26. The third kappa shape index (κ3) is 4.06. The molecule has 0 unspecified atom stereocenters. The number of ether oxygens (including phenoxy) is 1. The Hall–Kier alpha value is -1.91. The molecule has 0 saturated carbocycles. The van der Waals surface area contributed by atoms with Gasteiger partial charge in [0.25, 0.3) is 5.91 Å². The van der Waals surface area contributed by atoms with Crippen LogP contribution in [-0.2, 0) is 0 Å². The van der Waals surface area contributed by atoms with Gasteiger partial charge >= 0.3 is 0 Å². The lowest BCUT2D eigenvalue weighted by molar-refractivity contribution is 0.102. The molecule has 0 radical (unpaired) electrons. The standard InChI is InChI=1S/C17H16ClNO2S/c1-3-10-22-16-7-5-4-6-14(16)19-17(20)13-11-12(18)8-9-15(13)21-2/h3-9,11H,1,10H2,2H3,(H,19,20). The van der Waals surface area contributed by atoms with Gasteiger partial charge in [0.05, 0.1) is 18.4 Å². The summed E-state index contributed by atoms with van der Waals surface area (Å²) in [4.78, 5) is 13.5. The van der Waals surface area contributed by atoms with Gasteiger partial charge in [-0.2, -0.15) is 0 Å². The van der Waals surface area contributed by atoms with Gasteiger partial charge in [-0.25, -0.2) is 0 Å². The molecule has 0 spiro atoms. The first-order valence-electron chi connectivity index (χ1n) is 6.63. The Morgan fingerprint density at radius 3 is 2.86 bits per heavy atom. The summed E-state index contributed by atoms with van der Waals surface area (Å²) in [5.74, 6) is 0.997. The van der Waals surface area contributed by atoms with Crippen molar-refractivity contribution in [2.24, 2.45) is 0 Å². The van der Waals surface area contributed by atoms with Crippen LogP contribution < -0.4 is 10.1 Å². The fraction of sp³-hybridized carbons (Fsp3) is 0.118. The van der Waals surface area contributed by atoms with Crippen LogP contribution in [0.25, 0.3) is 0 Å². The number of halogens is 1. The topological polar surface area (TPSA) is 38.3 Å². The second-order valence-corrected chi connectivity index (χ2v) is 5.89. The Morgan fingerprint density at radius 2 is 2.14 bits per heavy atom. The number of carbonyl (C=O) groups is 1. The first-order chi connectivity index (χ1) is 10.7. The molecule has 0 bridgehead atoms. The molecule has 0 atom stereocenters. The SMILES string of the molecule is C=CCSc1ccccc1NC(=O)c1cc(Cl)ccc1OC. The van der Waals surface area contributed by atoms with Gasteiger partial charge in [-0.1, -0.05) is 29.8 Å². The van der Waals surface area contributed by atoms with Crippen molar-refractivity contribution in [3.8, 4) is 5.75 Å². The zero-order valence-corrected chi connectivity index (χ0v) is 13.7. The van der Waals surface area contributed by atoms with Gasteiger partial charge < -0.3 is 10.1 Å². The van der Waals surface area contributed by atoms with Crippen molar-refractivity contribution in [2.45, 2.75) is 4.90 Å². The zero-order valence-electron chi connectivity index (χ0n) is 12.1. The highest BCUT2D eigenvalue weighted by Crippen LogP contribution is 2.29. The molecule has 2 aromatic carbocycles. The van der Waals surface area contributed by atoms with Crippen LogP contribution in [0.15, 0.2) is 60.0 Å². The molecule has 2 rings (SSSR count). The number of benzene rings is 2. The maximum Gasteiger partial charge on any atom is 0.259 e. The van der Waals surface area contributed by atoms with E-state index >= 15 is 0 Å². The van der Waals surface area contributed by atoms with Crippen molar-refractivity contribution >= 4 is 35.0 Å². The fourth-order valence-electron chi connectivity index (χ4n) is 1.89. The normalized spacial score (nSPS) is 10.1. The summed E-state index contributed by atoms with van der Waals surface area (Å²) in [7, 11) is 1.52. The molecule has 5 heteroatoms. The van der Waals surface area contributed by atoms with E-state index in [1.165, 1.54) is 7.11 Å². The van der Waals surface area contributed by atoms with Crippen LogP contribution in [0.3, 0.4) is 0 Å². The third-order valence-corrected chi connectivity index (χ3v) is 4.20. The minimum Gasteiger partial charge on any atom is -0.496 e. The van der Waals surface area contributed by atoms with Crippen molar-refractivity contribution in [1.29, 1.82) is 0 Å². The Morgan fingerprint density at radius 1 is 1.36 bits per heavy atom. The number of carbonyl (C=O) groups excluding carboxylic acids is 1. The molecule has 0 aromatic heterocycles. The number of anilines is 1. The van der Waals surface area contributed by atoms with Crippen LogP contribution in [0.2, 0.25) is 5.02 Å². The molecule has 2 aromatic rings. The van der Waals surface area contributed by atoms with Crippen molar-refractivity contribution in [1.82, 2.24) is 0 Å². The van der Waals surface area contributed by atoms with Crippen LogP contribution >= 0.6 is 23.4 Å². The van der Waals surface area contributed by atoms with Crippen LogP contribution in [0.1, 0.15) is 10.4 Å². The molecular formula is C17H16ClNO2S. The number of amides is 1. The first kappa shape index (κ1) is 16.5. The van der Waals surface area contributed by atoms with E-state index in [0.29, 0.717) is 16.3 Å². The minimum atomic E-state index is -0.258. The van der Waals surface area contributed by atoms with Gasteiger partial charge in [0, 0.05) is 15.7 Å². The third-order valence-electron chi connectivity index (χ3n) is 2.90. The monoisotopic (exact) mass is 333 g/mol. The van der Waals surface area contributed by atoms with E-state index in [1.807, 2.05) is 30.3 Å². The molecule has 0 aliphatic rings. The van der Waals surface area contributed by atoms with E-state index in [9.17, 15) is 4.79 Å². The molecule has 0 heterocycles. The number of hydrogen-bond donors (Lipinski definition) is 1. The molecule has 1 N–H and O–H groups in total. The maximum absolute atomic E-state index is 12.5. The first-order valence-corrected chi connectivity index (χ1v) is 7.99. The average molecular weight is 334 g/mol. The van der Waals surface area contributed by atoms with Gasteiger partial charge in [0.15, 0.2) is 0 Å². The van der Waals surface area contributed by atoms with Crippen LogP contribution in [0.4, 0.5) is 5.69 Å². The average Bonchev–Trinajstić information content (AvgIpc) is 2.54. The predicted molar refractivity (Wildman–Crippen MR) is 93.3 cm³/mol. The lowest BCUT2D eigenvalue weighted by Gasteiger charge is -2.12. The molecule has 1 amide bonds. The quantitative estimate of drug-likeness (QED) is 0.605. The number of thioether (sulfide) groups is 1. The minimum absolute atomic E-state index is 0.258. The lowest BCUT2D eigenvalue weighted by atomic mass is 10.2. The van der Waals surface area contributed by atoms with Crippen LogP contribution in [0.5, 0.6) is 5.75 Å². The predicted octanol–water partition coefficient (Wildman–Crippen LogP) is 4.88. The molecular weight excluding hydrogens is 318 g/mol.